The Morgan fingerprint density at radius 1 is 0.153 bits per heavy atom. The molecule has 0 bridgehead atoms. The molecule has 292 valence electrons. The van der Waals surface area contributed by atoms with Crippen molar-refractivity contribution in [3.63, 3.8) is 0 Å². The molecular weight excluding hydrogens is 836 g/mol. The first kappa shape index (κ1) is 45.2. The number of hydrogen-bond acceptors (Lipinski definition) is 0. The first-order valence-corrected chi connectivity index (χ1v) is 23.2. The first-order valence-electron chi connectivity index (χ1n) is 19.2. The summed E-state index contributed by atoms with van der Waals surface area (Å²) in [5.74, 6) is 0. The fourth-order valence-electron chi connectivity index (χ4n) is 6.54. The molecule has 9 aromatic rings. The van der Waals surface area contributed by atoms with Gasteiger partial charge in [0.05, 0.1) is 0 Å². The summed E-state index contributed by atoms with van der Waals surface area (Å²) < 4.78 is 0. The van der Waals surface area contributed by atoms with E-state index in [0.717, 1.165) is 0 Å². The van der Waals surface area contributed by atoms with E-state index >= 15 is 0 Å². The van der Waals surface area contributed by atoms with E-state index in [-0.39, 0.29) is 29.2 Å². The van der Waals surface area contributed by atoms with Crippen molar-refractivity contribution in [1.29, 1.82) is 0 Å². The molecule has 0 atom stereocenters. The molecule has 0 aliphatic carbocycles. The minimum atomic E-state index is -0.446. The zero-order chi connectivity index (χ0) is 38.7. The van der Waals surface area contributed by atoms with Crippen LogP contribution in [-0.4, -0.2) is 0 Å². The summed E-state index contributed by atoms with van der Waals surface area (Å²) in [7, 11) is -1.34. The molecule has 0 fully saturated rings. The maximum atomic E-state index is 2.23. The fourth-order valence-corrected chi connectivity index (χ4v) is 13.5. The van der Waals surface area contributed by atoms with Crippen molar-refractivity contribution in [3.05, 3.63) is 273 Å². The topological polar surface area (TPSA) is 0 Å². The van der Waals surface area contributed by atoms with Crippen LogP contribution >= 0.6 is 23.8 Å². The van der Waals surface area contributed by atoms with E-state index in [1.54, 1.807) is 0 Å². The van der Waals surface area contributed by atoms with E-state index in [4.69, 9.17) is 0 Å². The van der Waals surface area contributed by atoms with Gasteiger partial charge in [0.1, 0.15) is 0 Å². The Kier molecular flexibility index (Phi) is 19.0. The molecule has 0 unspecified atom stereocenters. The van der Waals surface area contributed by atoms with Gasteiger partial charge in [-0.2, -0.15) is 0 Å². The molecule has 0 aliphatic heterocycles. The van der Waals surface area contributed by atoms with Gasteiger partial charge in [0.25, 0.3) is 0 Å². The van der Waals surface area contributed by atoms with Crippen LogP contribution in [0.25, 0.3) is 0 Å². The molecule has 0 heterocycles. The Balaban J connectivity index is 0.000000165. The molecule has 0 radical (unpaired) electrons. The van der Waals surface area contributed by atoms with Crippen LogP contribution in [0.5, 0.6) is 0 Å². The third-order valence-corrected chi connectivity index (χ3v) is 16.5. The summed E-state index contributed by atoms with van der Waals surface area (Å²) in [6, 6.07) is 97.0. The summed E-state index contributed by atoms with van der Waals surface area (Å²) in [5, 5.41) is 12.6. The molecular formula is C54H45ClCoP3. The molecule has 9 aromatic carbocycles. The molecule has 0 aliphatic rings. The van der Waals surface area contributed by atoms with Crippen LogP contribution in [0.3, 0.4) is 0 Å². The molecule has 0 saturated carbocycles. The normalized spacial score (nSPS) is 10.2. The number of hydrogen-bond donors (Lipinski definition) is 0. The third-order valence-electron chi connectivity index (χ3n) is 9.13. The van der Waals surface area contributed by atoms with Crippen molar-refractivity contribution >= 4 is 71.5 Å². The van der Waals surface area contributed by atoms with E-state index < -0.39 is 23.8 Å². The van der Waals surface area contributed by atoms with Gasteiger partial charge in [-0.15, -0.1) is 0 Å². The second-order valence-corrected chi connectivity index (χ2v) is 19.7. The Labute approximate surface area is 371 Å². The van der Waals surface area contributed by atoms with Crippen LogP contribution in [0.1, 0.15) is 0 Å². The second-order valence-electron chi connectivity index (χ2n) is 13.0. The van der Waals surface area contributed by atoms with Gasteiger partial charge in [0.15, 0.2) is 0 Å². The van der Waals surface area contributed by atoms with Crippen LogP contribution in [0.4, 0.5) is 0 Å². The Hall–Kier alpha value is -4.93. The van der Waals surface area contributed by atoms with Gasteiger partial charge >= 0.3 is 16.8 Å². The summed E-state index contributed by atoms with van der Waals surface area (Å²) >= 11 is 0. The smallest absolute Gasteiger partial charge is 1.00 e. The van der Waals surface area contributed by atoms with E-state index in [2.05, 4.69) is 273 Å². The monoisotopic (exact) mass is 880 g/mol. The van der Waals surface area contributed by atoms with E-state index in [0.29, 0.717) is 0 Å². The zero-order valence-electron chi connectivity index (χ0n) is 32.5. The van der Waals surface area contributed by atoms with Gasteiger partial charge in [-0.3, -0.25) is 0 Å². The van der Waals surface area contributed by atoms with Gasteiger partial charge in [0.2, 0.25) is 0 Å². The average Bonchev–Trinajstić information content (AvgIpc) is 3.30. The molecule has 0 N–H and O–H groups in total. The van der Waals surface area contributed by atoms with Crippen molar-refractivity contribution < 1.29 is 29.2 Å². The van der Waals surface area contributed by atoms with Crippen LogP contribution in [-0.2, 0) is 16.8 Å². The van der Waals surface area contributed by atoms with Crippen LogP contribution in [0.15, 0.2) is 273 Å². The maximum Gasteiger partial charge on any atom is 1.00 e. The summed E-state index contributed by atoms with van der Waals surface area (Å²) in [6.45, 7) is 0. The van der Waals surface area contributed by atoms with Crippen molar-refractivity contribution in [2.24, 2.45) is 0 Å². The minimum Gasteiger partial charge on any atom is -1.00 e. The van der Waals surface area contributed by atoms with Crippen molar-refractivity contribution in [1.82, 2.24) is 0 Å². The van der Waals surface area contributed by atoms with E-state index in [1.165, 1.54) is 47.7 Å². The second kappa shape index (κ2) is 24.9. The molecule has 5 heteroatoms. The number of rotatable bonds is 9. The largest absolute Gasteiger partial charge is 1.00 e. The quantitative estimate of drug-likeness (QED) is 0.133. The van der Waals surface area contributed by atoms with Gasteiger partial charge in [-0.1, -0.05) is 273 Å². The Bertz CT molecular complexity index is 1870. The molecule has 59 heavy (non-hydrogen) atoms. The zero-order valence-corrected chi connectivity index (χ0v) is 37.0. The molecule has 0 amide bonds. The maximum absolute atomic E-state index is 2.23. The number of benzene rings is 9. The van der Waals surface area contributed by atoms with Gasteiger partial charge < -0.3 is 12.4 Å². The van der Waals surface area contributed by atoms with Crippen LogP contribution in [0, 0.1) is 0 Å². The van der Waals surface area contributed by atoms with Gasteiger partial charge in [-0.05, 0) is 71.5 Å². The first-order chi connectivity index (χ1) is 28.3. The van der Waals surface area contributed by atoms with E-state index in [1.807, 2.05) is 0 Å². The third kappa shape index (κ3) is 13.0. The van der Waals surface area contributed by atoms with Gasteiger partial charge in [0, 0.05) is 0 Å². The van der Waals surface area contributed by atoms with E-state index in [9.17, 15) is 0 Å². The molecule has 0 aromatic heterocycles. The minimum absolute atomic E-state index is 0. The average molecular weight is 881 g/mol. The summed E-state index contributed by atoms with van der Waals surface area (Å²) in [5.41, 5.74) is 0. The molecule has 0 nitrogen and oxygen atoms in total. The van der Waals surface area contributed by atoms with Crippen molar-refractivity contribution in [3.8, 4) is 0 Å². The molecule has 0 spiro atoms. The summed E-state index contributed by atoms with van der Waals surface area (Å²) in [6.07, 6.45) is 0. The standard InChI is InChI=1S/3C18H15P.ClH.Co/c3*1-4-10-16(11-5-1)19(17-12-6-2-7-13-17)18-14-8-3-9-15-18;;/h3*1-15H;1H;/q;;;;+1/p-1. The fraction of sp³-hybridized carbons (Fsp3) is 0. The Morgan fingerprint density at radius 3 is 0.322 bits per heavy atom. The molecule has 0 saturated heterocycles. The van der Waals surface area contributed by atoms with Crippen molar-refractivity contribution in [2.75, 3.05) is 0 Å². The molecule has 9 rings (SSSR count). The SMILES string of the molecule is [Cl-].[Co+].c1ccc(P(c2ccccc2)c2ccccc2)cc1.c1ccc(P(c2ccccc2)c2ccccc2)cc1.c1ccc(P(c2ccccc2)c2ccccc2)cc1. The van der Waals surface area contributed by atoms with Crippen LogP contribution < -0.4 is 60.1 Å². The predicted molar refractivity (Wildman–Crippen MR) is 255 cm³/mol. The van der Waals surface area contributed by atoms with Crippen molar-refractivity contribution in [2.45, 2.75) is 0 Å². The Morgan fingerprint density at radius 2 is 0.237 bits per heavy atom. The predicted octanol–water partition coefficient (Wildman–Crippen LogP) is 7.34. The van der Waals surface area contributed by atoms with Crippen LogP contribution in [0.2, 0.25) is 0 Å². The van der Waals surface area contributed by atoms with Gasteiger partial charge in [-0.25, -0.2) is 0 Å². The summed E-state index contributed by atoms with van der Waals surface area (Å²) in [4.78, 5) is 0. The number of halogens is 1.